The lowest BCUT2D eigenvalue weighted by Crippen LogP contribution is -2.18. The first kappa shape index (κ1) is 14.7. The smallest absolute Gasteiger partial charge is 0.267 e. The third-order valence-electron chi connectivity index (χ3n) is 2.85. The van der Waals surface area contributed by atoms with Crippen molar-refractivity contribution in [1.29, 1.82) is 0 Å². The van der Waals surface area contributed by atoms with E-state index in [9.17, 15) is 14.3 Å². The summed E-state index contributed by atoms with van der Waals surface area (Å²) in [5.74, 6) is 4.32. The van der Waals surface area contributed by atoms with Gasteiger partial charge < -0.3 is 10.8 Å². The fourth-order valence-electron chi connectivity index (χ4n) is 1.67. The van der Waals surface area contributed by atoms with Crippen LogP contribution in [0.25, 0.3) is 0 Å². The third-order valence-corrected chi connectivity index (χ3v) is 2.85. The van der Waals surface area contributed by atoms with Crippen molar-refractivity contribution < 1.29 is 14.3 Å². The number of benzene rings is 1. The second kappa shape index (κ2) is 5.73. The van der Waals surface area contributed by atoms with Crippen LogP contribution in [0, 0.1) is 17.7 Å². The van der Waals surface area contributed by atoms with Gasteiger partial charge in [0.2, 0.25) is 0 Å². The van der Waals surface area contributed by atoms with Gasteiger partial charge >= 0.3 is 0 Å². The van der Waals surface area contributed by atoms with Gasteiger partial charge in [0.1, 0.15) is 17.1 Å². The molecule has 0 aliphatic rings. The van der Waals surface area contributed by atoms with Crippen molar-refractivity contribution in [3.63, 3.8) is 0 Å². The summed E-state index contributed by atoms with van der Waals surface area (Å²) in [6.07, 6.45) is 1.38. The second-order valence-electron chi connectivity index (χ2n) is 4.63. The number of carbonyl (C=O) groups excluding carboxylic acids is 1. The van der Waals surface area contributed by atoms with Crippen molar-refractivity contribution in [2.75, 3.05) is 0 Å². The Hall–Kier alpha value is -2.71. The molecular weight excluding hydrogens is 271 g/mol. The van der Waals surface area contributed by atoms with E-state index in [1.54, 1.807) is 12.1 Å². The molecule has 1 aromatic carbocycles. The standard InChI is InChI=1S/C16H13FN2O2/c1-16(21,12-3-2-4-13(17)9-12)8-7-11-5-6-14(15(18)20)19-10-11/h2-6,9-10,21H,1H3,(H2,18,20). The molecule has 2 aromatic rings. The Morgan fingerprint density at radius 3 is 2.71 bits per heavy atom. The average molecular weight is 284 g/mol. The van der Waals surface area contributed by atoms with Crippen molar-refractivity contribution in [2.45, 2.75) is 12.5 Å². The topological polar surface area (TPSA) is 76.2 Å². The van der Waals surface area contributed by atoms with Crippen LogP contribution in [0.3, 0.4) is 0 Å². The minimum absolute atomic E-state index is 0.137. The van der Waals surface area contributed by atoms with Gasteiger partial charge in [-0.25, -0.2) is 9.37 Å². The van der Waals surface area contributed by atoms with Crippen molar-refractivity contribution in [1.82, 2.24) is 4.98 Å². The summed E-state index contributed by atoms with van der Waals surface area (Å²) in [6.45, 7) is 1.47. The number of primary amides is 1. The Labute approximate surface area is 121 Å². The molecule has 2 rings (SSSR count). The highest BCUT2D eigenvalue weighted by molar-refractivity contribution is 5.90. The maximum Gasteiger partial charge on any atom is 0.267 e. The zero-order chi connectivity index (χ0) is 15.5. The highest BCUT2D eigenvalue weighted by atomic mass is 19.1. The largest absolute Gasteiger partial charge is 0.374 e. The molecule has 1 amide bonds. The summed E-state index contributed by atoms with van der Waals surface area (Å²) >= 11 is 0. The molecule has 0 saturated carbocycles. The molecule has 0 spiro atoms. The average Bonchev–Trinajstić information content (AvgIpc) is 2.45. The van der Waals surface area contributed by atoms with E-state index < -0.39 is 17.3 Å². The van der Waals surface area contributed by atoms with E-state index in [-0.39, 0.29) is 5.69 Å². The maximum absolute atomic E-state index is 13.2. The molecule has 3 N–H and O–H groups in total. The van der Waals surface area contributed by atoms with Crippen molar-refractivity contribution in [3.05, 3.63) is 65.2 Å². The number of halogens is 1. The second-order valence-corrected chi connectivity index (χ2v) is 4.63. The molecule has 5 heteroatoms. The Balaban J connectivity index is 2.26. The van der Waals surface area contributed by atoms with E-state index in [1.807, 2.05) is 0 Å². The molecule has 1 unspecified atom stereocenters. The number of pyridine rings is 1. The van der Waals surface area contributed by atoms with Crippen LogP contribution >= 0.6 is 0 Å². The molecule has 4 nitrogen and oxygen atoms in total. The van der Waals surface area contributed by atoms with Crippen LogP contribution in [0.5, 0.6) is 0 Å². The lowest BCUT2D eigenvalue weighted by atomic mass is 9.96. The monoisotopic (exact) mass is 284 g/mol. The molecule has 0 aliphatic heterocycles. The minimum atomic E-state index is -1.50. The molecular formula is C16H13FN2O2. The highest BCUT2D eigenvalue weighted by Gasteiger charge is 2.20. The van der Waals surface area contributed by atoms with Crippen LogP contribution < -0.4 is 5.73 Å². The van der Waals surface area contributed by atoms with Crippen LogP contribution in [-0.4, -0.2) is 16.0 Å². The van der Waals surface area contributed by atoms with Gasteiger partial charge in [0.15, 0.2) is 0 Å². The Bertz CT molecular complexity index is 728. The number of aromatic nitrogens is 1. The summed E-state index contributed by atoms with van der Waals surface area (Å²) in [5, 5.41) is 10.3. The quantitative estimate of drug-likeness (QED) is 0.822. The number of aliphatic hydroxyl groups is 1. The lowest BCUT2D eigenvalue weighted by molar-refractivity contribution is 0.0995. The number of rotatable bonds is 2. The SMILES string of the molecule is CC(O)(C#Cc1ccc(C(N)=O)nc1)c1cccc(F)c1. The van der Waals surface area contributed by atoms with Crippen molar-refractivity contribution in [2.24, 2.45) is 5.73 Å². The van der Waals surface area contributed by atoms with Crippen molar-refractivity contribution in [3.8, 4) is 11.8 Å². The Morgan fingerprint density at radius 1 is 1.38 bits per heavy atom. The normalized spacial score (nSPS) is 12.9. The zero-order valence-corrected chi connectivity index (χ0v) is 11.3. The first-order valence-electron chi connectivity index (χ1n) is 6.16. The fourth-order valence-corrected chi connectivity index (χ4v) is 1.67. The molecule has 21 heavy (non-hydrogen) atoms. The summed E-state index contributed by atoms with van der Waals surface area (Å²) < 4.78 is 13.2. The fraction of sp³-hybridized carbons (Fsp3) is 0.125. The molecule has 1 heterocycles. The van der Waals surface area contributed by atoms with E-state index in [2.05, 4.69) is 16.8 Å². The summed E-state index contributed by atoms with van der Waals surface area (Å²) in [7, 11) is 0. The summed E-state index contributed by atoms with van der Waals surface area (Å²) in [4.78, 5) is 14.7. The number of nitrogens with two attached hydrogens (primary N) is 1. The van der Waals surface area contributed by atoms with Crippen LogP contribution in [-0.2, 0) is 5.60 Å². The molecule has 0 radical (unpaired) electrons. The first-order chi connectivity index (χ1) is 9.88. The van der Waals surface area contributed by atoms with Gasteiger partial charge in [-0.2, -0.15) is 0 Å². The van der Waals surface area contributed by atoms with Crippen LogP contribution in [0.4, 0.5) is 4.39 Å². The molecule has 0 saturated heterocycles. The Morgan fingerprint density at radius 2 is 2.14 bits per heavy atom. The molecule has 0 bridgehead atoms. The third kappa shape index (κ3) is 3.65. The maximum atomic E-state index is 13.2. The highest BCUT2D eigenvalue weighted by Crippen LogP contribution is 2.20. The zero-order valence-electron chi connectivity index (χ0n) is 11.3. The molecule has 0 fully saturated rings. The number of hydrogen-bond acceptors (Lipinski definition) is 3. The number of amides is 1. The molecule has 106 valence electrons. The van der Waals surface area contributed by atoms with E-state index >= 15 is 0 Å². The number of carbonyl (C=O) groups is 1. The van der Waals surface area contributed by atoms with Crippen LogP contribution in [0.15, 0.2) is 42.6 Å². The predicted molar refractivity (Wildman–Crippen MR) is 75.6 cm³/mol. The number of nitrogens with zero attached hydrogens (tertiary/aromatic N) is 1. The van der Waals surface area contributed by atoms with Gasteiger partial charge in [-0.05, 0) is 36.8 Å². The lowest BCUT2D eigenvalue weighted by Gasteiger charge is -2.16. The molecule has 0 aliphatic carbocycles. The predicted octanol–water partition coefficient (Wildman–Crippen LogP) is 1.58. The van der Waals surface area contributed by atoms with Gasteiger partial charge in [-0.3, -0.25) is 4.79 Å². The molecule has 1 aromatic heterocycles. The van der Waals surface area contributed by atoms with E-state index in [1.165, 1.54) is 37.4 Å². The van der Waals surface area contributed by atoms with Gasteiger partial charge in [0, 0.05) is 11.8 Å². The van der Waals surface area contributed by atoms with Gasteiger partial charge in [0.25, 0.3) is 5.91 Å². The van der Waals surface area contributed by atoms with E-state index in [0.717, 1.165) is 0 Å². The summed E-state index contributed by atoms with van der Waals surface area (Å²) in [6, 6.07) is 8.63. The van der Waals surface area contributed by atoms with Gasteiger partial charge in [-0.15, -0.1) is 0 Å². The molecule has 1 atom stereocenters. The summed E-state index contributed by atoms with van der Waals surface area (Å²) in [5.41, 5.74) is 4.59. The van der Waals surface area contributed by atoms with E-state index in [4.69, 9.17) is 5.73 Å². The van der Waals surface area contributed by atoms with Crippen LogP contribution in [0.1, 0.15) is 28.5 Å². The van der Waals surface area contributed by atoms with Crippen molar-refractivity contribution >= 4 is 5.91 Å². The number of hydrogen-bond donors (Lipinski definition) is 2. The first-order valence-corrected chi connectivity index (χ1v) is 6.16. The van der Waals surface area contributed by atoms with Gasteiger partial charge in [0.05, 0.1) is 0 Å². The van der Waals surface area contributed by atoms with Crippen LogP contribution in [0.2, 0.25) is 0 Å². The minimum Gasteiger partial charge on any atom is -0.374 e. The van der Waals surface area contributed by atoms with Gasteiger partial charge in [-0.1, -0.05) is 24.0 Å². The van der Waals surface area contributed by atoms with E-state index in [0.29, 0.717) is 11.1 Å². The Kier molecular flexibility index (Phi) is 4.01.